The molecule has 1 saturated heterocycles. The lowest BCUT2D eigenvalue weighted by Gasteiger charge is -2.16. The molecule has 3 rings (SSSR count). The molecule has 0 spiro atoms. The molecule has 25 heavy (non-hydrogen) atoms. The molecule has 2 aromatic rings. The number of ether oxygens (including phenoxy) is 1. The average molecular weight is 351 g/mol. The highest BCUT2D eigenvalue weighted by atomic mass is 19.4. The Kier molecular flexibility index (Phi) is 4.63. The smallest absolute Gasteiger partial charge is 0.417 e. The number of pyridine rings is 1. The van der Waals surface area contributed by atoms with E-state index in [1.54, 1.807) is 29.2 Å². The quantitative estimate of drug-likeness (QED) is 0.923. The maximum absolute atomic E-state index is 12.5. The number of amides is 1. The SMILES string of the molecule is NC1CCN(C(=O)c2ccc(Oc3ccc(C(F)(F)F)cn3)cc2)C1. The number of nitrogens with two attached hydrogens (primary N) is 1. The van der Waals surface area contributed by atoms with Crippen LogP contribution in [0.5, 0.6) is 11.6 Å². The van der Waals surface area contributed by atoms with Gasteiger partial charge in [0.15, 0.2) is 0 Å². The number of hydrogen-bond donors (Lipinski definition) is 1. The van der Waals surface area contributed by atoms with Crippen LogP contribution in [0.25, 0.3) is 0 Å². The van der Waals surface area contributed by atoms with Crippen LogP contribution in [0.15, 0.2) is 42.6 Å². The number of halogens is 3. The highest BCUT2D eigenvalue weighted by molar-refractivity contribution is 5.94. The van der Waals surface area contributed by atoms with Gasteiger partial charge in [-0.25, -0.2) is 4.98 Å². The first kappa shape index (κ1) is 17.2. The van der Waals surface area contributed by atoms with Crippen LogP contribution >= 0.6 is 0 Å². The highest BCUT2D eigenvalue weighted by Gasteiger charge is 2.30. The molecule has 1 aliphatic rings. The second kappa shape index (κ2) is 6.72. The van der Waals surface area contributed by atoms with E-state index in [0.717, 1.165) is 18.6 Å². The predicted octanol–water partition coefficient (Wildman–Crippen LogP) is 3.07. The van der Waals surface area contributed by atoms with Gasteiger partial charge in [-0.1, -0.05) is 0 Å². The summed E-state index contributed by atoms with van der Waals surface area (Å²) in [6.45, 7) is 1.17. The first-order valence-electron chi connectivity index (χ1n) is 7.69. The van der Waals surface area contributed by atoms with Crippen molar-refractivity contribution in [3.8, 4) is 11.6 Å². The molecule has 2 N–H and O–H groups in total. The lowest BCUT2D eigenvalue weighted by Crippen LogP contribution is -2.31. The summed E-state index contributed by atoms with van der Waals surface area (Å²) in [5.74, 6) is 0.312. The molecule has 0 saturated carbocycles. The Morgan fingerprint density at radius 2 is 1.92 bits per heavy atom. The van der Waals surface area contributed by atoms with Gasteiger partial charge in [0.1, 0.15) is 5.75 Å². The molecule has 1 amide bonds. The summed E-state index contributed by atoms with van der Waals surface area (Å²) in [6, 6.07) is 8.41. The second-order valence-electron chi connectivity index (χ2n) is 5.81. The van der Waals surface area contributed by atoms with E-state index in [1.165, 1.54) is 0 Å². The van der Waals surface area contributed by atoms with E-state index in [0.29, 0.717) is 30.6 Å². The molecule has 5 nitrogen and oxygen atoms in total. The summed E-state index contributed by atoms with van der Waals surface area (Å²) in [4.78, 5) is 17.6. The Hall–Kier alpha value is -2.61. The van der Waals surface area contributed by atoms with Gasteiger partial charge in [0.2, 0.25) is 5.88 Å². The number of rotatable bonds is 3. The van der Waals surface area contributed by atoms with Gasteiger partial charge in [0.05, 0.1) is 5.56 Å². The molecule has 1 aromatic heterocycles. The molecule has 1 unspecified atom stereocenters. The molecule has 0 radical (unpaired) electrons. The second-order valence-corrected chi connectivity index (χ2v) is 5.81. The molecule has 132 valence electrons. The van der Waals surface area contributed by atoms with Gasteiger partial charge in [-0.05, 0) is 36.8 Å². The molecular weight excluding hydrogens is 335 g/mol. The van der Waals surface area contributed by atoms with Crippen molar-refractivity contribution in [2.45, 2.75) is 18.6 Å². The minimum atomic E-state index is -4.44. The number of alkyl halides is 3. The fraction of sp³-hybridized carbons (Fsp3) is 0.294. The molecule has 1 fully saturated rings. The van der Waals surface area contributed by atoms with Crippen LogP contribution in [0.3, 0.4) is 0 Å². The Balaban J connectivity index is 1.65. The maximum Gasteiger partial charge on any atom is 0.417 e. The Morgan fingerprint density at radius 3 is 2.44 bits per heavy atom. The summed E-state index contributed by atoms with van der Waals surface area (Å²) in [5, 5.41) is 0. The lowest BCUT2D eigenvalue weighted by atomic mass is 10.2. The lowest BCUT2D eigenvalue weighted by molar-refractivity contribution is -0.137. The van der Waals surface area contributed by atoms with Crippen LogP contribution in [-0.4, -0.2) is 34.9 Å². The number of nitrogens with zero attached hydrogens (tertiary/aromatic N) is 2. The zero-order chi connectivity index (χ0) is 18.0. The monoisotopic (exact) mass is 351 g/mol. The highest BCUT2D eigenvalue weighted by Crippen LogP contribution is 2.30. The average Bonchev–Trinajstić information content (AvgIpc) is 3.01. The van der Waals surface area contributed by atoms with E-state index in [2.05, 4.69) is 4.98 Å². The van der Waals surface area contributed by atoms with Gasteiger partial charge in [0.25, 0.3) is 5.91 Å². The van der Waals surface area contributed by atoms with Gasteiger partial charge < -0.3 is 15.4 Å². The molecule has 1 aliphatic heterocycles. The molecule has 1 atom stereocenters. The van der Waals surface area contributed by atoms with Crippen LogP contribution < -0.4 is 10.5 Å². The minimum absolute atomic E-state index is 0.0114. The van der Waals surface area contributed by atoms with Gasteiger partial charge in [0, 0.05) is 37.0 Å². The molecular formula is C17H16F3N3O2. The van der Waals surface area contributed by atoms with Crippen molar-refractivity contribution in [3.63, 3.8) is 0 Å². The first-order chi connectivity index (χ1) is 11.8. The van der Waals surface area contributed by atoms with Crippen molar-refractivity contribution in [2.75, 3.05) is 13.1 Å². The van der Waals surface area contributed by atoms with Crippen molar-refractivity contribution < 1.29 is 22.7 Å². The molecule has 8 heteroatoms. The Labute approximate surface area is 142 Å². The number of carbonyl (C=O) groups is 1. The van der Waals surface area contributed by atoms with Crippen molar-refractivity contribution in [1.82, 2.24) is 9.88 Å². The number of carbonyl (C=O) groups excluding carboxylic acids is 1. The number of aromatic nitrogens is 1. The summed E-state index contributed by atoms with van der Waals surface area (Å²) in [6.07, 6.45) is -2.94. The van der Waals surface area contributed by atoms with E-state index in [4.69, 9.17) is 10.5 Å². The van der Waals surface area contributed by atoms with Gasteiger partial charge >= 0.3 is 6.18 Å². The summed E-state index contributed by atoms with van der Waals surface area (Å²) in [5.41, 5.74) is 5.46. The van der Waals surface area contributed by atoms with Gasteiger partial charge in [-0.2, -0.15) is 13.2 Å². The van der Waals surface area contributed by atoms with Crippen LogP contribution in [0.1, 0.15) is 22.3 Å². The van der Waals surface area contributed by atoms with E-state index in [1.807, 2.05) is 0 Å². The summed E-state index contributed by atoms with van der Waals surface area (Å²) in [7, 11) is 0. The topological polar surface area (TPSA) is 68.5 Å². The standard InChI is InChI=1S/C17H16F3N3O2/c18-17(19,20)12-3-6-15(22-9-12)25-14-4-1-11(2-5-14)16(24)23-8-7-13(21)10-23/h1-6,9,13H,7-8,10,21H2. The number of benzene rings is 1. The summed E-state index contributed by atoms with van der Waals surface area (Å²) >= 11 is 0. The molecule has 0 aliphatic carbocycles. The van der Waals surface area contributed by atoms with Crippen LogP contribution in [-0.2, 0) is 6.18 Å². The molecule has 2 heterocycles. The van der Waals surface area contributed by atoms with Crippen molar-refractivity contribution in [3.05, 3.63) is 53.7 Å². The van der Waals surface area contributed by atoms with E-state index in [-0.39, 0.29) is 17.8 Å². The normalized spacial score (nSPS) is 17.6. The predicted molar refractivity (Wildman–Crippen MR) is 84.3 cm³/mol. The molecule has 0 bridgehead atoms. The summed E-state index contributed by atoms with van der Waals surface area (Å²) < 4.78 is 42.9. The molecule has 1 aromatic carbocycles. The van der Waals surface area contributed by atoms with Gasteiger partial charge in [-0.3, -0.25) is 4.79 Å². The van der Waals surface area contributed by atoms with E-state index >= 15 is 0 Å². The third-order valence-corrected chi connectivity index (χ3v) is 3.90. The number of likely N-dealkylation sites (tertiary alicyclic amines) is 1. The fourth-order valence-corrected chi connectivity index (χ4v) is 2.55. The third-order valence-electron chi connectivity index (χ3n) is 3.90. The third kappa shape index (κ3) is 4.08. The first-order valence-corrected chi connectivity index (χ1v) is 7.69. The zero-order valence-electron chi connectivity index (χ0n) is 13.2. The van der Waals surface area contributed by atoms with Crippen LogP contribution in [0, 0.1) is 0 Å². The van der Waals surface area contributed by atoms with Gasteiger partial charge in [-0.15, -0.1) is 0 Å². The fourth-order valence-electron chi connectivity index (χ4n) is 2.55. The van der Waals surface area contributed by atoms with Crippen LogP contribution in [0.4, 0.5) is 13.2 Å². The van der Waals surface area contributed by atoms with Crippen molar-refractivity contribution in [2.24, 2.45) is 5.73 Å². The van der Waals surface area contributed by atoms with E-state index in [9.17, 15) is 18.0 Å². The van der Waals surface area contributed by atoms with Crippen molar-refractivity contribution in [1.29, 1.82) is 0 Å². The zero-order valence-corrected chi connectivity index (χ0v) is 13.2. The maximum atomic E-state index is 12.5. The van der Waals surface area contributed by atoms with Crippen LogP contribution in [0.2, 0.25) is 0 Å². The Bertz CT molecular complexity index is 745. The Morgan fingerprint density at radius 1 is 1.20 bits per heavy atom. The van der Waals surface area contributed by atoms with Crippen molar-refractivity contribution >= 4 is 5.91 Å². The van der Waals surface area contributed by atoms with E-state index < -0.39 is 11.7 Å². The minimum Gasteiger partial charge on any atom is -0.439 e. The number of hydrogen-bond acceptors (Lipinski definition) is 4. The largest absolute Gasteiger partial charge is 0.439 e.